The summed E-state index contributed by atoms with van der Waals surface area (Å²) >= 11 is 1.10. The van der Waals surface area contributed by atoms with Gasteiger partial charge < -0.3 is 10.4 Å². The average molecular weight is 242 g/mol. The van der Waals surface area contributed by atoms with Gasteiger partial charge in [0, 0.05) is 6.42 Å². The van der Waals surface area contributed by atoms with E-state index >= 15 is 0 Å². The van der Waals surface area contributed by atoms with Crippen LogP contribution in [0.4, 0.5) is 0 Å². The lowest BCUT2D eigenvalue weighted by atomic mass is 10.3. The number of aryl methyl sites for hydroxylation is 1. The number of aromatic nitrogens is 1. The van der Waals surface area contributed by atoms with Crippen molar-refractivity contribution in [2.75, 3.05) is 0 Å². The Hall–Kier alpha value is -1.43. The van der Waals surface area contributed by atoms with Gasteiger partial charge in [-0.15, -0.1) is 11.3 Å². The van der Waals surface area contributed by atoms with E-state index in [0.717, 1.165) is 11.3 Å². The first kappa shape index (κ1) is 12.6. The fourth-order valence-corrected chi connectivity index (χ4v) is 2.11. The predicted octanol–water partition coefficient (Wildman–Crippen LogP) is 1.74. The number of carbonyl (C=O) groups is 2. The SMILES string of the molecule is CCC(=O)NC(C)c1nc(C)c(C(=O)O)s1. The summed E-state index contributed by atoms with van der Waals surface area (Å²) in [5.41, 5.74) is 0.491. The van der Waals surface area contributed by atoms with Crippen molar-refractivity contribution >= 4 is 23.2 Å². The Morgan fingerprint density at radius 1 is 1.56 bits per heavy atom. The lowest BCUT2D eigenvalue weighted by molar-refractivity contribution is -0.121. The maximum absolute atomic E-state index is 11.2. The van der Waals surface area contributed by atoms with Crippen molar-refractivity contribution < 1.29 is 14.7 Å². The number of nitrogens with one attached hydrogen (secondary N) is 1. The van der Waals surface area contributed by atoms with E-state index < -0.39 is 5.97 Å². The molecule has 0 saturated heterocycles. The highest BCUT2D eigenvalue weighted by Crippen LogP contribution is 2.23. The molecule has 6 heteroatoms. The first-order valence-electron chi connectivity index (χ1n) is 4.95. The van der Waals surface area contributed by atoms with Gasteiger partial charge in [0.05, 0.1) is 11.7 Å². The van der Waals surface area contributed by atoms with E-state index in [2.05, 4.69) is 10.3 Å². The monoisotopic (exact) mass is 242 g/mol. The van der Waals surface area contributed by atoms with E-state index in [0.29, 0.717) is 17.1 Å². The molecular formula is C10H14N2O3S. The number of thiazole rings is 1. The van der Waals surface area contributed by atoms with E-state index in [9.17, 15) is 9.59 Å². The molecule has 16 heavy (non-hydrogen) atoms. The molecule has 0 aliphatic carbocycles. The molecule has 5 nitrogen and oxygen atoms in total. The average Bonchev–Trinajstić information content (AvgIpc) is 2.60. The lowest BCUT2D eigenvalue weighted by Gasteiger charge is -2.09. The summed E-state index contributed by atoms with van der Waals surface area (Å²) < 4.78 is 0. The number of carboxylic acid groups (broad SMARTS) is 1. The summed E-state index contributed by atoms with van der Waals surface area (Å²) in [6, 6.07) is -0.246. The van der Waals surface area contributed by atoms with Gasteiger partial charge in [-0.2, -0.15) is 0 Å². The number of nitrogens with zero attached hydrogens (tertiary/aromatic N) is 1. The zero-order chi connectivity index (χ0) is 12.3. The molecule has 1 amide bonds. The van der Waals surface area contributed by atoms with E-state index in [1.165, 1.54) is 0 Å². The van der Waals surface area contributed by atoms with E-state index in [4.69, 9.17) is 5.11 Å². The van der Waals surface area contributed by atoms with Gasteiger partial charge >= 0.3 is 5.97 Å². The molecule has 1 heterocycles. The highest BCUT2D eigenvalue weighted by Gasteiger charge is 2.18. The topological polar surface area (TPSA) is 79.3 Å². The number of hydrogen-bond acceptors (Lipinski definition) is 4. The van der Waals surface area contributed by atoms with E-state index in [-0.39, 0.29) is 16.8 Å². The maximum atomic E-state index is 11.2. The minimum absolute atomic E-state index is 0.0720. The first-order valence-corrected chi connectivity index (χ1v) is 5.77. The van der Waals surface area contributed by atoms with Crippen molar-refractivity contribution in [2.24, 2.45) is 0 Å². The molecule has 0 saturated carbocycles. The van der Waals surface area contributed by atoms with E-state index in [1.54, 1.807) is 20.8 Å². The molecular weight excluding hydrogens is 228 g/mol. The molecule has 0 radical (unpaired) electrons. The van der Waals surface area contributed by atoms with Crippen LogP contribution < -0.4 is 5.32 Å². The van der Waals surface area contributed by atoms with Crippen LogP contribution in [-0.4, -0.2) is 22.0 Å². The number of rotatable bonds is 4. The van der Waals surface area contributed by atoms with Gasteiger partial charge in [-0.25, -0.2) is 9.78 Å². The Morgan fingerprint density at radius 3 is 2.62 bits per heavy atom. The summed E-state index contributed by atoms with van der Waals surface area (Å²) in [6.45, 7) is 5.20. The normalized spacial score (nSPS) is 12.2. The van der Waals surface area contributed by atoms with Crippen molar-refractivity contribution in [1.29, 1.82) is 0 Å². The third kappa shape index (κ3) is 2.79. The van der Waals surface area contributed by atoms with Gasteiger partial charge in [0.2, 0.25) is 5.91 Å². The van der Waals surface area contributed by atoms with Gasteiger partial charge in [-0.3, -0.25) is 4.79 Å². The van der Waals surface area contributed by atoms with Gasteiger partial charge in [0.25, 0.3) is 0 Å². The van der Waals surface area contributed by atoms with Crippen LogP contribution in [0, 0.1) is 6.92 Å². The zero-order valence-corrected chi connectivity index (χ0v) is 10.2. The highest BCUT2D eigenvalue weighted by molar-refractivity contribution is 7.13. The number of carboxylic acids is 1. The molecule has 0 bridgehead atoms. The molecule has 1 aromatic heterocycles. The predicted molar refractivity (Wildman–Crippen MR) is 60.7 cm³/mol. The second-order valence-electron chi connectivity index (χ2n) is 3.41. The van der Waals surface area contributed by atoms with Crippen LogP contribution in [0.3, 0.4) is 0 Å². The zero-order valence-electron chi connectivity index (χ0n) is 9.40. The van der Waals surface area contributed by atoms with Crippen molar-refractivity contribution in [3.63, 3.8) is 0 Å². The van der Waals surface area contributed by atoms with Crippen LogP contribution in [0.2, 0.25) is 0 Å². The first-order chi connectivity index (χ1) is 7.45. The largest absolute Gasteiger partial charge is 0.477 e. The lowest BCUT2D eigenvalue weighted by Crippen LogP contribution is -2.25. The molecule has 2 N–H and O–H groups in total. The van der Waals surface area contributed by atoms with E-state index in [1.807, 2.05) is 0 Å². The summed E-state index contributed by atoms with van der Waals surface area (Å²) in [7, 11) is 0. The molecule has 0 aliphatic heterocycles. The van der Waals surface area contributed by atoms with Crippen molar-refractivity contribution in [3.05, 3.63) is 15.6 Å². The Balaban J connectivity index is 2.84. The molecule has 1 atom stereocenters. The summed E-state index contributed by atoms with van der Waals surface area (Å²) in [4.78, 5) is 26.4. The molecule has 0 spiro atoms. The molecule has 0 aliphatic rings. The van der Waals surface area contributed by atoms with Crippen LogP contribution in [-0.2, 0) is 4.79 Å². The smallest absolute Gasteiger partial charge is 0.347 e. The standard InChI is InChI=1S/C10H14N2O3S/c1-4-7(13)11-6(3)9-12-5(2)8(16-9)10(14)15/h6H,4H2,1-3H3,(H,11,13)(H,14,15). The third-order valence-corrected chi connectivity index (χ3v) is 3.40. The summed E-state index contributed by atoms with van der Waals surface area (Å²) in [5.74, 6) is -1.05. The quantitative estimate of drug-likeness (QED) is 0.842. The van der Waals surface area contributed by atoms with Crippen LogP contribution in [0.1, 0.15) is 46.7 Å². The van der Waals surface area contributed by atoms with Crippen LogP contribution in [0.25, 0.3) is 0 Å². The maximum Gasteiger partial charge on any atom is 0.347 e. The Bertz CT molecular complexity index is 414. The number of amides is 1. The number of carbonyl (C=O) groups excluding carboxylic acids is 1. The number of hydrogen-bond donors (Lipinski definition) is 2. The minimum atomic E-state index is -0.977. The Labute approximate surface area is 97.5 Å². The minimum Gasteiger partial charge on any atom is -0.477 e. The van der Waals surface area contributed by atoms with Crippen molar-refractivity contribution in [1.82, 2.24) is 10.3 Å². The van der Waals surface area contributed by atoms with Gasteiger partial charge in [0.1, 0.15) is 9.88 Å². The second kappa shape index (κ2) is 5.07. The van der Waals surface area contributed by atoms with Crippen LogP contribution in [0.15, 0.2) is 0 Å². The second-order valence-corrected chi connectivity index (χ2v) is 4.45. The highest BCUT2D eigenvalue weighted by atomic mass is 32.1. The molecule has 1 aromatic rings. The number of aromatic carboxylic acids is 1. The fourth-order valence-electron chi connectivity index (χ4n) is 1.21. The third-order valence-electron chi connectivity index (χ3n) is 2.08. The van der Waals surface area contributed by atoms with Crippen LogP contribution in [0.5, 0.6) is 0 Å². The van der Waals surface area contributed by atoms with Gasteiger partial charge in [-0.05, 0) is 13.8 Å². The Morgan fingerprint density at radius 2 is 2.19 bits per heavy atom. The molecule has 1 unspecified atom stereocenters. The van der Waals surface area contributed by atoms with Crippen molar-refractivity contribution in [3.8, 4) is 0 Å². The molecule has 1 rings (SSSR count). The van der Waals surface area contributed by atoms with Gasteiger partial charge in [-0.1, -0.05) is 6.92 Å². The molecule has 0 fully saturated rings. The van der Waals surface area contributed by atoms with Gasteiger partial charge in [0.15, 0.2) is 0 Å². The molecule has 0 aromatic carbocycles. The summed E-state index contributed by atoms with van der Waals surface area (Å²) in [6.07, 6.45) is 0.403. The van der Waals surface area contributed by atoms with Crippen LogP contribution >= 0.6 is 11.3 Å². The Kier molecular flexibility index (Phi) is 4.00. The fraction of sp³-hybridized carbons (Fsp3) is 0.500. The van der Waals surface area contributed by atoms with Crippen molar-refractivity contribution in [2.45, 2.75) is 33.2 Å². The molecule has 88 valence electrons. The summed E-state index contributed by atoms with van der Waals surface area (Å²) in [5, 5.41) is 12.2.